The van der Waals surface area contributed by atoms with Gasteiger partial charge in [0.15, 0.2) is 0 Å². The van der Waals surface area contributed by atoms with E-state index in [0.717, 1.165) is 29.3 Å². The van der Waals surface area contributed by atoms with Crippen LogP contribution in [-0.4, -0.2) is 4.98 Å². The van der Waals surface area contributed by atoms with Gasteiger partial charge in [-0.15, -0.1) is 0 Å². The first-order valence-corrected chi connectivity index (χ1v) is 5.80. The molecule has 0 saturated heterocycles. The highest BCUT2D eigenvalue weighted by Gasteiger charge is 2.33. The largest absolute Gasteiger partial charge is 0.357 e. The van der Waals surface area contributed by atoms with Gasteiger partial charge in [-0.25, -0.2) is 4.39 Å². The number of aromatic nitrogens is 1. The number of rotatable bonds is 0. The summed E-state index contributed by atoms with van der Waals surface area (Å²) in [6, 6.07) is 3.26. The molecule has 2 heteroatoms. The standard InChI is InChI=1S/C14H16FN/c1-8-6-9(15)7-11-10-4-5-14(2,3)13(10)16-12(8)11/h6-7,16H,4-5H2,1-3H3. The zero-order valence-corrected chi connectivity index (χ0v) is 9.95. The van der Waals surface area contributed by atoms with Gasteiger partial charge in [-0.05, 0) is 43.0 Å². The molecule has 1 N–H and O–H groups in total. The van der Waals surface area contributed by atoms with E-state index in [2.05, 4.69) is 18.8 Å². The minimum Gasteiger partial charge on any atom is -0.357 e. The molecular weight excluding hydrogens is 201 g/mol. The van der Waals surface area contributed by atoms with Gasteiger partial charge in [0.2, 0.25) is 0 Å². The maximum Gasteiger partial charge on any atom is 0.124 e. The van der Waals surface area contributed by atoms with Crippen LogP contribution in [0.15, 0.2) is 12.1 Å². The molecule has 0 unspecified atom stereocenters. The van der Waals surface area contributed by atoms with E-state index in [1.807, 2.05) is 6.92 Å². The third-order valence-corrected chi connectivity index (χ3v) is 3.85. The molecule has 1 nitrogen and oxygen atoms in total. The molecule has 0 radical (unpaired) electrons. The van der Waals surface area contributed by atoms with E-state index >= 15 is 0 Å². The Morgan fingerprint density at radius 3 is 2.81 bits per heavy atom. The van der Waals surface area contributed by atoms with Crippen molar-refractivity contribution in [2.75, 3.05) is 0 Å². The number of H-pyrrole nitrogens is 1. The summed E-state index contributed by atoms with van der Waals surface area (Å²) in [6.45, 7) is 6.46. The predicted octanol–water partition coefficient (Wildman–Crippen LogP) is 3.84. The maximum absolute atomic E-state index is 13.4. The molecule has 0 amide bonds. The second-order valence-corrected chi connectivity index (χ2v) is 5.51. The maximum atomic E-state index is 13.4. The minimum absolute atomic E-state index is 0.128. The molecule has 84 valence electrons. The molecule has 1 heterocycles. The number of hydrogen-bond donors (Lipinski definition) is 1. The Morgan fingerprint density at radius 2 is 2.06 bits per heavy atom. The quantitative estimate of drug-likeness (QED) is 0.690. The van der Waals surface area contributed by atoms with Crippen molar-refractivity contribution in [2.24, 2.45) is 0 Å². The summed E-state index contributed by atoms with van der Waals surface area (Å²) >= 11 is 0. The average molecular weight is 217 g/mol. The number of aryl methyl sites for hydroxylation is 2. The van der Waals surface area contributed by atoms with Crippen LogP contribution >= 0.6 is 0 Å². The highest BCUT2D eigenvalue weighted by Crippen LogP contribution is 2.42. The summed E-state index contributed by atoms with van der Waals surface area (Å²) in [5, 5.41) is 1.08. The molecule has 1 aromatic heterocycles. The number of nitrogens with one attached hydrogen (secondary N) is 1. The Balaban J connectivity index is 2.40. The first-order valence-electron chi connectivity index (χ1n) is 5.80. The van der Waals surface area contributed by atoms with E-state index in [4.69, 9.17) is 0 Å². The minimum atomic E-state index is -0.128. The lowest BCUT2D eigenvalue weighted by Crippen LogP contribution is -2.12. The lowest BCUT2D eigenvalue weighted by Gasteiger charge is -2.16. The number of halogens is 1. The molecule has 0 spiro atoms. The first-order chi connectivity index (χ1) is 7.49. The fourth-order valence-corrected chi connectivity index (χ4v) is 2.88. The lowest BCUT2D eigenvalue weighted by atomic mass is 9.91. The van der Waals surface area contributed by atoms with Gasteiger partial charge in [-0.1, -0.05) is 13.8 Å². The number of aromatic amines is 1. The molecule has 0 atom stereocenters. The van der Waals surface area contributed by atoms with Crippen molar-refractivity contribution in [2.45, 2.75) is 39.0 Å². The summed E-state index contributed by atoms with van der Waals surface area (Å²) in [5.74, 6) is -0.128. The molecular formula is C14H16FN. The summed E-state index contributed by atoms with van der Waals surface area (Å²) in [6.07, 6.45) is 2.21. The Labute approximate surface area is 94.7 Å². The van der Waals surface area contributed by atoms with E-state index in [-0.39, 0.29) is 11.2 Å². The van der Waals surface area contributed by atoms with E-state index in [1.165, 1.54) is 11.3 Å². The van der Waals surface area contributed by atoms with Gasteiger partial charge in [0.1, 0.15) is 5.82 Å². The Hall–Kier alpha value is -1.31. The van der Waals surface area contributed by atoms with Gasteiger partial charge in [-0.2, -0.15) is 0 Å². The molecule has 3 rings (SSSR count). The molecule has 0 saturated carbocycles. The lowest BCUT2D eigenvalue weighted by molar-refractivity contribution is 0.510. The second-order valence-electron chi connectivity index (χ2n) is 5.51. The zero-order chi connectivity index (χ0) is 11.5. The fraction of sp³-hybridized carbons (Fsp3) is 0.429. The molecule has 1 aromatic carbocycles. The molecule has 0 aliphatic heterocycles. The van der Waals surface area contributed by atoms with Gasteiger partial charge in [0, 0.05) is 22.0 Å². The topological polar surface area (TPSA) is 15.8 Å². The van der Waals surface area contributed by atoms with Crippen molar-refractivity contribution in [1.29, 1.82) is 0 Å². The molecule has 0 fully saturated rings. The van der Waals surface area contributed by atoms with Gasteiger partial charge >= 0.3 is 0 Å². The van der Waals surface area contributed by atoms with Crippen molar-refractivity contribution < 1.29 is 4.39 Å². The first kappa shape index (κ1) is 9.88. The van der Waals surface area contributed by atoms with Crippen molar-refractivity contribution in [3.63, 3.8) is 0 Å². The normalized spacial score (nSPS) is 18.0. The summed E-state index contributed by atoms with van der Waals surface area (Å²) in [5.41, 5.74) is 4.94. The van der Waals surface area contributed by atoms with Crippen LogP contribution in [0.4, 0.5) is 4.39 Å². The summed E-state index contributed by atoms with van der Waals surface area (Å²) in [4.78, 5) is 3.50. The Kier molecular flexibility index (Phi) is 1.78. The highest BCUT2D eigenvalue weighted by atomic mass is 19.1. The fourth-order valence-electron chi connectivity index (χ4n) is 2.88. The van der Waals surface area contributed by atoms with Crippen molar-refractivity contribution in [3.8, 4) is 0 Å². The van der Waals surface area contributed by atoms with Gasteiger partial charge in [0.05, 0.1) is 0 Å². The monoisotopic (exact) mass is 217 g/mol. The second kappa shape index (κ2) is 2.88. The van der Waals surface area contributed by atoms with Crippen LogP contribution in [0.2, 0.25) is 0 Å². The van der Waals surface area contributed by atoms with Crippen LogP contribution in [0.3, 0.4) is 0 Å². The Morgan fingerprint density at radius 1 is 1.31 bits per heavy atom. The van der Waals surface area contributed by atoms with Crippen LogP contribution in [0, 0.1) is 12.7 Å². The Bertz CT molecular complexity index is 578. The van der Waals surface area contributed by atoms with Gasteiger partial charge in [0.25, 0.3) is 0 Å². The van der Waals surface area contributed by atoms with E-state index in [1.54, 1.807) is 12.1 Å². The van der Waals surface area contributed by atoms with Gasteiger partial charge < -0.3 is 4.98 Å². The molecule has 1 aliphatic rings. The van der Waals surface area contributed by atoms with E-state index in [9.17, 15) is 4.39 Å². The van der Waals surface area contributed by atoms with Crippen molar-refractivity contribution in [1.82, 2.24) is 4.98 Å². The summed E-state index contributed by atoms with van der Waals surface area (Å²) < 4.78 is 13.4. The zero-order valence-electron chi connectivity index (χ0n) is 9.95. The van der Waals surface area contributed by atoms with Crippen molar-refractivity contribution in [3.05, 3.63) is 34.8 Å². The third kappa shape index (κ3) is 1.16. The van der Waals surface area contributed by atoms with Crippen LogP contribution in [0.25, 0.3) is 10.9 Å². The number of benzene rings is 1. The molecule has 16 heavy (non-hydrogen) atoms. The van der Waals surface area contributed by atoms with Crippen molar-refractivity contribution >= 4 is 10.9 Å². The molecule has 1 aliphatic carbocycles. The van der Waals surface area contributed by atoms with Gasteiger partial charge in [-0.3, -0.25) is 0 Å². The average Bonchev–Trinajstić information content (AvgIpc) is 2.66. The smallest absolute Gasteiger partial charge is 0.124 e. The van der Waals surface area contributed by atoms with Crippen LogP contribution in [-0.2, 0) is 11.8 Å². The van der Waals surface area contributed by atoms with E-state index < -0.39 is 0 Å². The number of fused-ring (bicyclic) bond motifs is 3. The van der Waals surface area contributed by atoms with Crippen LogP contribution < -0.4 is 0 Å². The number of hydrogen-bond acceptors (Lipinski definition) is 0. The molecule has 0 bridgehead atoms. The molecule has 2 aromatic rings. The van der Waals surface area contributed by atoms with Crippen LogP contribution in [0.5, 0.6) is 0 Å². The van der Waals surface area contributed by atoms with Crippen LogP contribution in [0.1, 0.15) is 37.1 Å². The predicted molar refractivity (Wildman–Crippen MR) is 64.3 cm³/mol. The summed E-state index contributed by atoms with van der Waals surface area (Å²) in [7, 11) is 0. The van der Waals surface area contributed by atoms with E-state index in [0.29, 0.717) is 0 Å². The SMILES string of the molecule is Cc1cc(F)cc2c3c([nH]c12)C(C)(C)CC3. The third-order valence-electron chi connectivity index (χ3n) is 3.85. The highest BCUT2D eigenvalue weighted by molar-refractivity contribution is 5.88.